The van der Waals surface area contributed by atoms with Gasteiger partial charge in [-0.1, -0.05) is 35.5 Å². The normalized spacial score (nSPS) is 10.5. The van der Waals surface area contributed by atoms with Crippen LogP contribution in [0.4, 0.5) is 5.69 Å². The summed E-state index contributed by atoms with van der Waals surface area (Å²) in [5.74, 6) is 1.74. The molecular formula is C23H19N3O4. The van der Waals surface area contributed by atoms with Gasteiger partial charge in [-0.25, -0.2) is 0 Å². The highest BCUT2D eigenvalue weighted by Crippen LogP contribution is 2.25. The molecule has 1 amide bonds. The third-order valence-corrected chi connectivity index (χ3v) is 4.46. The third-order valence-electron chi connectivity index (χ3n) is 4.46. The summed E-state index contributed by atoms with van der Waals surface area (Å²) in [6.45, 7) is 0. The predicted molar refractivity (Wildman–Crippen MR) is 113 cm³/mol. The number of aromatic nitrogens is 2. The predicted octanol–water partition coefficient (Wildman–Crippen LogP) is 4.67. The Labute approximate surface area is 173 Å². The molecule has 0 fully saturated rings. The fourth-order valence-electron chi connectivity index (χ4n) is 2.88. The summed E-state index contributed by atoms with van der Waals surface area (Å²) in [7, 11) is 3.08. The summed E-state index contributed by atoms with van der Waals surface area (Å²) in [6.07, 6.45) is 0. The van der Waals surface area contributed by atoms with Crippen molar-refractivity contribution in [2.24, 2.45) is 0 Å². The molecule has 7 heteroatoms. The van der Waals surface area contributed by atoms with Gasteiger partial charge in [-0.2, -0.15) is 4.98 Å². The van der Waals surface area contributed by atoms with E-state index in [1.807, 2.05) is 42.5 Å². The molecule has 3 aromatic carbocycles. The van der Waals surface area contributed by atoms with E-state index < -0.39 is 0 Å². The van der Waals surface area contributed by atoms with Crippen molar-refractivity contribution in [3.05, 3.63) is 78.4 Å². The van der Waals surface area contributed by atoms with E-state index in [-0.39, 0.29) is 5.91 Å². The van der Waals surface area contributed by atoms with Gasteiger partial charge in [0.15, 0.2) is 0 Å². The highest BCUT2D eigenvalue weighted by Gasteiger charge is 2.12. The molecule has 4 rings (SSSR count). The monoisotopic (exact) mass is 401 g/mol. The first-order valence-corrected chi connectivity index (χ1v) is 9.20. The van der Waals surface area contributed by atoms with E-state index in [9.17, 15) is 4.79 Å². The number of methoxy groups -OCH3 is 2. The SMILES string of the molecule is COc1cc(OC)cc(C(=O)Nc2ccc(-c3nc(-c4ccccc4)no3)cc2)c1. The van der Waals surface area contributed by atoms with Crippen LogP contribution in [0.2, 0.25) is 0 Å². The minimum atomic E-state index is -0.274. The summed E-state index contributed by atoms with van der Waals surface area (Å²) in [4.78, 5) is 17.0. The molecule has 1 heterocycles. The molecule has 0 spiro atoms. The summed E-state index contributed by atoms with van der Waals surface area (Å²) in [5, 5.41) is 6.88. The molecule has 30 heavy (non-hydrogen) atoms. The van der Waals surface area contributed by atoms with Gasteiger partial charge < -0.3 is 19.3 Å². The smallest absolute Gasteiger partial charge is 0.258 e. The van der Waals surface area contributed by atoms with Crippen molar-refractivity contribution in [2.45, 2.75) is 0 Å². The second-order valence-electron chi connectivity index (χ2n) is 6.42. The summed E-state index contributed by atoms with van der Waals surface area (Å²) in [5.41, 5.74) is 2.70. The van der Waals surface area contributed by atoms with Crippen LogP contribution in [0.5, 0.6) is 11.5 Å². The summed E-state index contributed by atoms with van der Waals surface area (Å²) in [6, 6.07) is 21.8. The first-order chi connectivity index (χ1) is 14.7. The lowest BCUT2D eigenvalue weighted by Crippen LogP contribution is -2.12. The van der Waals surface area contributed by atoms with E-state index in [1.165, 1.54) is 14.2 Å². The number of nitrogens with zero attached hydrogens (tertiary/aromatic N) is 2. The second kappa shape index (κ2) is 8.48. The van der Waals surface area contributed by atoms with Gasteiger partial charge in [0.05, 0.1) is 14.2 Å². The van der Waals surface area contributed by atoms with Gasteiger partial charge in [-0.3, -0.25) is 4.79 Å². The van der Waals surface area contributed by atoms with Crippen molar-refractivity contribution in [3.8, 4) is 34.3 Å². The summed E-state index contributed by atoms with van der Waals surface area (Å²) < 4.78 is 15.8. The van der Waals surface area contributed by atoms with Crippen LogP contribution in [0.25, 0.3) is 22.8 Å². The average Bonchev–Trinajstić information content (AvgIpc) is 3.30. The van der Waals surface area contributed by atoms with E-state index in [2.05, 4.69) is 15.5 Å². The fourth-order valence-corrected chi connectivity index (χ4v) is 2.88. The van der Waals surface area contributed by atoms with Crippen molar-refractivity contribution in [1.82, 2.24) is 10.1 Å². The Hall–Kier alpha value is -4.13. The van der Waals surface area contributed by atoms with Gasteiger partial charge >= 0.3 is 0 Å². The number of amides is 1. The minimum Gasteiger partial charge on any atom is -0.497 e. The molecule has 0 aliphatic carbocycles. The lowest BCUT2D eigenvalue weighted by Gasteiger charge is -2.09. The third kappa shape index (κ3) is 4.15. The first-order valence-electron chi connectivity index (χ1n) is 9.20. The van der Waals surface area contributed by atoms with Crippen molar-refractivity contribution in [2.75, 3.05) is 19.5 Å². The molecule has 0 saturated carbocycles. The number of hydrogen-bond acceptors (Lipinski definition) is 6. The molecule has 0 bridgehead atoms. The number of rotatable bonds is 6. The molecule has 0 atom stereocenters. The zero-order chi connectivity index (χ0) is 20.9. The number of carbonyl (C=O) groups is 1. The second-order valence-corrected chi connectivity index (χ2v) is 6.42. The number of ether oxygens (including phenoxy) is 2. The highest BCUT2D eigenvalue weighted by atomic mass is 16.5. The summed E-state index contributed by atoms with van der Waals surface area (Å²) >= 11 is 0. The molecule has 0 unspecified atom stereocenters. The van der Waals surface area contributed by atoms with Crippen LogP contribution in [0, 0.1) is 0 Å². The van der Waals surface area contributed by atoms with Crippen LogP contribution in [-0.2, 0) is 0 Å². The largest absolute Gasteiger partial charge is 0.497 e. The number of carbonyl (C=O) groups excluding carboxylic acids is 1. The van der Waals surface area contributed by atoms with E-state index in [1.54, 1.807) is 30.3 Å². The molecule has 1 N–H and O–H groups in total. The van der Waals surface area contributed by atoms with Gasteiger partial charge in [0, 0.05) is 28.4 Å². The van der Waals surface area contributed by atoms with Crippen LogP contribution in [0.3, 0.4) is 0 Å². The fraction of sp³-hybridized carbons (Fsp3) is 0.0870. The standard InChI is InChI=1S/C23H19N3O4/c1-28-19-12-17(13-20(14-19)29-2)22(27)24-18-10-8-16(9-11-18)23-25-21(26-30-23)15-6-4-3-5-7-15/h3-14H,1-2H3,(H,24,27). The molecule has 4 aromatic rings. The molecule has 0 radical (unpaired) electrons. The molecule has 0 saturated heterocycles. The quantitative estimate of drug-likeness (QED) is 0.505. The number of nitrogens with one attached hydrogen (secondary N) is 1. The highest BCUT2D eigenvalue weighted by molar-refractivity contribution is 6.04. The zero-order valence-electron chi connectivity index (χ0n) is 16.5. The van der Waals surface area contributed by atoms with Gasteiger partial charge in [0.1, 0.15) is 11.5 Å². The van der Waals surface area contributed by atoms with Crippen LogP contribution in [-0.4, -0.2) is 30.3 Å². The maximum atomic E-state index is 12.6. The Morgan fingerprint density at radius 1 is 0.867 bits per heavy atom. The Morgan fingerprint density at radius 2 is 1.53 bits per heavy atom. The maximum absolute atomic E-state index is 12.6. The molecule has 0 aliphatic rings. The van der Waals surface area contributed by atoms with Gasteiger partial charge in [-0.05, 0) is 36.4 Å². The van der Waals surface area contributed by atoms with Crippen molar-refractivity contribution in [1.29, 1.82) is 0 Å². The molecule has 7 nitrogen and oxygen atoms in total. The lowest BCUT2D eigenvalue weighted by molar-refractivity contribution is 0.102. The van der Waals surface area contributed by atoms with Gasteiger partial charge in [-0.15, -0.1) is 0 Å². The van der Waals surface area contributed by atoms with Crippen molar-refractivity contribution in [3.63, 3.8) is 0 Å². The first kappa shape index (κ1) is 19.2. The van der Waals surface area contributed by atoms with Gasteiger partial charge in [0.2, 0.25) is 5.82 Å². The Morgan fingerprint density at radius 3 is 2.17 bits per heavy atom. The van der Waals surface area contributed by atoms with Crippen molar-refractivity contribution < 1.29 is 18.8 Å². The van der Waals surface area contributed by atoms with Crippen LogP contribution in [0.15, 0.2) is 77.3 Å². The number of anilines is 1. The van der Waals surface area contributed by atoms with E-state index in [0.717, 1.165) is 11.1 Å². The lowest BCUT2D eigenvalue weighted by atomic mass is 10.1. The van der Waals surface area contributed by atoms with Gasteiger partial charge in [0.25, 0.3) is 11.8 Å². The van der Waals surface area contributed by atoms with Crippen molar-refractivity contribution >= 4 is 11.6 Å². The van der Waals surface area contributed by atoms with Crippen LogP contribution < -0.4 is 14.8 Å². The van der Waals surface area contributed by atoms with Crippen LogP contribution >= 0.6 is 0 Å². The van der Waals surface area contributed by atoms with E-state index >= 15 is 0 Å². The molecule has 1 aromatic heterocycles. The topological polar surface area (TPSA) is 86.5 Å². The zero-order valence-corrected chi connectivity index (χ0v) is 16.5. The van der Waals surface area contributed by atoms with Crippen LogP contribution in [0.1, 0.15) is 10.4 Å². The number of hydrogen-bond donors (Lipinski definition) is 1. The Balaban J connectivity index is 1.49. The number of benzene rings is 3. The molecule has 0 aliphatic heterocycles. The average molecular weight is 401 g/mol. The molecular weight excluding hydrogens is 382 g/mol. The Bertz CT molecular complexity index is 1130. The Kier molecular flexibility index (Phi) is 5.43. The van der Waals surface area contributed by atoms with E-state index in [4.69, 9.17) is 14.0 Å². The van der Waals surface area contributed by atoms with E-state index in [0.29, 0.717) is 34.5 Å². The maximum Gasteiger partial charge on any atom is 0.258 e. The molecule has 150 valence electrons. The minimum absolute atomic E-state index is 0.274.